The summed E-state index contributed by atoms with van der Waals surface area (Å²) < 4.78 is 0. The Morgan fingerprint density at radius 2 is 1.73 bits per heavy atom. The van der Waals surface area contributed by atoms with Crippen molar-refractivity contribution in [3.05, 3.63) is 69.2 Å². The summed E-state index contributed by atoms with van der Waals surface area (Å²) in [5.41, 5.74) is 0.824. The van der Waals surface area contributed by atoms with Crippen LogP contribution in [0.5, 0.6) is 0 Å². The number of carbonyl (C=O) groups excluding carboxylic acids is 2. The Kier molecular flexibility index (Phi) is 7.02. The summed E-state index contributed by atoms with van der Waals surface area (Å²) in [7, 11) is 0. The Morgan fingerprint density at radius 1 is 1.10 bits per heavy atom. The lowest BCUT2D eigenvalue weighted by Gasteiger charge is -2.37. The molecule has 1 heterocycles. The number of piperazine rings is 1. The van der Waals surface area contributed by atoms with Crippen molar-refractivity contribution < 1.29 is 14.5 Å². The van der Waals surface area contributed by atoms with Crippen LogP contribution in [0.1, 0.15) is 12.5 Å². The maximum Gasteiger partial charge on any atom is 0.292 e. The second kappa shape index (κ2) is 9.69. The fourth-order valence-corrected chi connectivity index (χ4v) is 3.62. The van der Waals surface area contributed by atoms with Gasteiger partial charge in [-0.3, -0.25) is 24.6 Å². The number of benzene rings is 2. The summed E-state index contributed by atoms with van der Waals surface area (Å²) in [6.07, 6.45) is 0.243. The highest BCUT2D eigenvalue weighted by Crippen LogP contribution is 2.24. The first-order valence-corrected chi connectivity index (χ1v) is 10.0. The van der Waals surface area contributed by atoms with E-state index in [1.54, 1.807) is 30.0 Å². The van der Waals surface area contributed by atoms with Crippen LogP contribution in [0.3, 0.4) is 0 Å². The van der Waals surface area contributed by atoms with Crippen LogP contribution in [0, 0.1) is 10.1 Å². The smallest absolute Gasteiger partial charge is 0.292 e. The van der Waals surface area contributed by atoms with Crippen LogP contribution in [0.15, 0.2) is 48.5 Å². The molecule has 0 saturated carbocycles. The molecule has 0 spiro atoms. The second-order valence-electron chi connectivity index (χ2n) is 7.12. The number of nitro groups is 1. The first-order valence-electron chi connectivity index (χ1n) is 9.66. The average Bonchev–Trinajstić information content (AvgIpc) is 2.75. The third kappa shape index (κ3) is 5.14. The molecule has 0 bridgehead atoms. The molecule has 1 aliphatic rings. The van der Waals surface area contributed by atoms with E-state index in [1.165, 1.54) is 12.1 Å². The fraction of sp³-hybridized carbons (Fsp3) is 0.333. The summed E-state index contributed by atoms with van der Waals surface area (Å²) in [4.78, 5) is 39.5. The molecular weight excluding hydrogens is 408 g/mol. The Balaban J connectivity index is 1.54. The average molecular weight is 431 g/mol. The lowest BCUT2D eigenvalue weighted by atomic mass is 10.1. The SMILES string of the molecule is CC(C(=O)Nc1ccccc1[N+](=O)[O-])N1CCN(C(=O)Cc2ccccc2Cl)CC1. The number of hydrogen-bond acceptors (Lipinski definition) is 5. The molecule has 2 aromatic carbocycles. The van der Waals surface area contributed by atoms with Crippen LogP contribution in [-0.4, -0.2) is 58.8 Å². The molecule has 1 aliphatic heterocycles. The first-order chi connectivity index (χ1) is 14.4. The zero-order chi connectivity index (χ0) is 21.7. The van der Waals surface area contributed by atoms with Gasteiger partial charge in [-0.15, -0.1) is 0 Å². The van der Waals surface area contributed by atoms with Crippen LogP contribution < -0.4 is 5.32 Å². The maximum absolute atomic E-state index is 12.6. The van der Waals surface area contributed by atoms with E-state index in [0.717, 1.165) is 5.56 Å². The number of nitrogens with one attached hydrogen (secondary N) is 1. The monoisotopic (exact) mass is 430 g/mol. The van der Waals surface area contributed by atoms with Crippen molar-refractivity contribution in [1.82, 2.24) is 9.80 Å². The maximum atomic E-state index is 12.6. The third-order valence-corrected chi connectivity index (χ3v) is 5.62. The van der Waals surface area contributed by atoms with Gasteiger partial charge < -0.3 is 10.2 Å². The van der Waals surface area contributed by atoms with Gasteiger partial charge in [0.1, 0.15) is 5.69 Å². The third-order valence-electron chi connectivity index (χ3n) is 5.25. The molecule has 158 valence electrons. The van der Waals surface area contributed by atoms with Gasteiger partial charge in [0.15, 0.2) is 0 Å². The van der Waals surface area contributed by atoms with E-state index < -0.39 is 11.0 Å². The number of halogens is 1. The number of nitrogens with zero attached hydrogens (tertiary/aromatic N) is 3. The lowest BCUT2D eigenvalue weighted by molar-refractivity contribution is -0.383. The molecule has 0 aliphatic carbocycles. The van der Waals surface area contributed by atoms with Crippen molar-refractivity contribution in [3.63, 3.8) is 0 Å². The minimum absolute atomic E-state index is 0.000218. The van der Waals surface area contributed by atoms with Gasteiger partial charge in [-0.05, 0) is 24.6 Å². The van der Waals surface area contributed by atoms with E-state index in [0.29, 0.717) is 31.2 Å². The lowest BCUT2D eigenvalue weighted by Crippen LogP contribution is -2.54. The van der Waals surface area contributed by atoms with Gasteiger partial charge in [0.2, 0.25) is 11.8 Å². The number of anilines is 1. The van der Waals surface area contributed by atoms with Gasteiger partial charge in [0.05, 0.1) is 17.4 Å². The molecule has 3 rings (SSSR count). The minimum atomic E-state index is -0.524. The molecule has 2 aromatic rings. The van der Waals surface area contributed by atoms with Gasteiger partial charge in [-0.25, -0.2) is 0 Å². The highest BCUT2D eigenvalue weighted by atomic mass is 35.5. The highest BCUT2D eigenvalue weighted by molar-refractivity contribution is 6.31. The normalized spacial score (nSPS) is 15.5. The van der Waals surface area contributed by atoms with Crippen molar-refractivity contribution in [2.45, 2.75) is 19.4 Å². The van der Waals surface area contributed by atoms with Crippen molar-refractivity contribution in [2.24, 2.45) is 0 Å². The molecule has 1 N–H and O–H groups in total. The summed E-state index contributed by atoms with van der Waals surface area (Å²) in [5.74, 6) is -0.320. The molecule has 8 nitrogen and oxygen atoms in total. The summed E-state index contributed by atoms with van der Waals surface area (Å²) in [5, 5.41) is 14.3. The Morgan fingerprint density at radius 3 is 2.40 bits per heavy atom. The van der Waals surface area contributed by atoms with Crippen LogP contribution >= 0.6 is 11.6 Å². The summed E-state index contributed by atoms with van der Waals surface area (Å²) in [6.45, 7) is 3.85. The zero-order valence-corrected chi connectivity index (χ0v) is 17.3. The molecule has 0 aromatic heterocycles. The van der Waals surface area contributed by atoms with Gasteiger partial charge >= 0.3 is 0 Å². The van der Waals surface area contributed by atoms with Gasteiger partial charge in [-0.2, -0.15) is 0 Å². The number of hydrogen-bond donors (Lipinski definition) is 1. The molecular formula is C21H23ClN4O4. The van der Waals surface area contributed by atoms with Crippen LogP contribution in [0.25, 0.3) is 0 Å². The highest BCUT2D eigenvalue weighted by Gasteiger charge is 2.28. The topological polar surface area (TPSA) is 95.8 Å². The zero-order valence-electron chi connectivity index (χ0n) is 16.6. The van der Waals surface area contributed by atoms with E-state index in [9.17, 15) is 19.7 Å². The standard InChI is InChI=1S/C21H23ClN4O4/c1-15(21(28)23-18-8-4-5-9-19(18)26(29)30)24-10-12-25(13-11-24)20(27)14-16-6-2-3-7-17(16)22/h2-9,15H,10-14H2,1H3,(H,23,28). The quantitative estimate of drug-likeness (QED) is 0.561. The van der Waals surface area contributed by atoms with E-state index in [1.807, 2.05) is 23.1 Å². The van der Waals surface area contributed by atoms with Gasteiger partial charge in [0, 0.05) is 37.3 Å². The van der Waals surface area contributed by atoms with E-state index in [4.69, 9.17) is 11.6 Å². The molecule has 2 amide bonds. The van der Waals surface area contributed by atoms with Gasteiger partial charge in [0.25, 0.3) is 5.69 Å². The van der Waals surface area contributed by atoms with Crippen LogP contribution in [0.2, 0.25) is 5.02 Å². The Labute approximate surface area is 179 Å². The van der Waals surface area contributed by atoms with Crippen LogP contribution in [0.4, 0.5) is 11.4 Å². The first kappa shape index (κ1) is 21.7. The van der Waals surface area contributed by atoms with Crippen LogP contribution in [-0.2, 0) is 16.0 Å². The number of amides is 2. The number of carbonyl (C=O) groups is 2. The molecule has 0 radical (unpaired) electrons. The van der Waals surface area contributed by atoms with Crippen molar-refractivity contribution in [2.75, 3.05) is 31.5 Å². The predicted octanol–water partition coefficient (Wildman–Crippen LogP) is 2.96. The molecule has 9 heteroatoms. The number of nitro benzene ring substituents is 1. The summed E-state index contributed by atoms with van der Waals surface area (Å²) >= 11 is 6.14. The van der Waals surface area contributed by atoms with Gasteiger partial charge in [-0.1, -0.05) is 41.9 Å². The molecule has 1 fully saturated rings. The predicted molar refractivity (Wildman–Crippen MR) is 114 cm³/mol. The minimum Gasteiger partial charge on any atom is -0.340 e. The molecule has 1 saturated heterocycles. The Hall–Kier alpha value is -2.97. The second-order valence-corrected chi connectivity index (χ2v) is 7.53. The van der Waals surface area contributed by atoms with Crippen molar-refractivity contribution in [1.29, 1.82) is 0 Å². The largest absolute Gasteiger partial charge is 0.340 e. The molecule has 30 heavy (non-hydrogen) atoms. The Bertz CT molecular complexity index is 944. The van der Waals surface area contributed by atoms with E-state index >= 15 is 0 Å². The number of rotatable bonds is 6. The van der Waals surface area contributed by atoms with E-state index in [-0.39, 0.29) is 29.6 Å². The summed E-state index contributed by atoms with van der Waals surface area (Å²) in [6, 6.07) is 12.8. The van der Waals surface area contributed by atoms with Crippen molar-refractivity contribution in [3.8, 4) is 0 Å². The fourth-order valence-electron chi connectivity index (χ4n) is 3.42. The molecule has 1 atom stereocenters. The molecule has 1 unspecified atom stereocenters. The van der Waals surface area contributed by atoms with E-state index in [2.05, 4.69) is 5.32 Å². The number of para-hydroxylation sites is 2. The van der Waals surface area contributed by atoms with Crippen molar-refractivity contribution >= 4 is 34.8 Å².